The topological polar surface area (TPSA) is 93.7 Å². The van der Waals surface area contributed by atoms with Crippen molar-refractivity contribution in [3.63, 3.8) is 0 Å². The van der Waals surface area contributed by atoms with Crippen LogP contribution in [0.5, 0.6) is 11.5 Å². The summed E-state index contributed by atoms with van der Waals surface area (Å²) in [6.45, 7) is 2.36. The minimum absolute atomic E-state index is 0.180. The van der Waals surface area contributed by atoms with Gasteiger partial charge in [-0.3, -0.25) is 14.4 Å². The van der Waals surface area contributed by atoms with Gasteiger partial charge in [0.1, 0.15) is 23.6 Å². The zero-order valence-electron chi connectivity index (χ0n) is 23.6. The van der Waals surface area contributed by atoms with Crippen LogP contribution in [0.15, 0.2) is 72.8 Å². The van der Waals surface area contributed by atoms with Gasteiger partial charge >= 0.3 is 6.43 Å². The highest BCUT2D eigenvalue weighted by Crippen LogP contribution is 2.28. The molecule has 0 aliphatic rings. The van der Waals surface area contributed by atoms with Crippen molar-refractivity contribution in [3.8, 4) is 11.5 Å². The number of rotatable bonds is 14. The summed E-state index contributed by atoms with van der Waals surface area (Å²) in [5.41, 5.74) is 1.09. The van der Waals surface area contributed by atoms with Gasteiger partial charge in [-0.15, -0.1) is 0 Å². The monoisotopic (exact) mass is 638 g/mol. The molecule has 43 heavy (non-hydrogen) atoms. The number of alkyl halides is 3. The van der Waals surface area contributed by atoms with Gasteiger partial charge in [0.25, 0.3) is 5.78 Å². The van der Waals surface area contributed by atoms with E-state index in [1.54, 1.807) is 66.7 Å². The van der Waals surface area contributed by atoms with Crippen LogP contribution in [0, 0.1) is 5.92 Å². The molecule has 2 N–H and O–H groups in total. The summed E-state index contributed by atoms with van der Waals surface area (Å²) in [5, 5.41) is 5.17. The number of Topliss-reactive ketones (excluding diaryl/α,β-unsaturated/α-hetero) is 1. The maximum Gasteiger partial charge on any atom is 0.301 e. The molecule has 0 saturated carbocycles. The molecule has 0 aromatic heterocycles. The molecule has 3 aromatic rings. The van der Waals surface area contributed by atoms with Crippen LogP contribution in [0.25, 0.3) is 0 Å². The van der Waals surface area contributed by atoms with Crippen molar-refractivity contribution in [3.05, 3.63) is 94.0 Å². The molecule has 1 unspecified atom stereocenters. The number of carbonyl (C=O) groups is 3. The fourth-order valence-corrected chi connectivity index (χ4v) is 4.51. The number of nitrogens with one attached hydrogen (secondary N) is 2. The highest BCUT2D eigenvalue weighted by atomic mass is 35.5. The minimum Gasteiger partial charge on any atom is -0.497 e. The lowest BCUT2D eigenvalue weighted by molar-refractivity contribution is -0.152. The van der Waals surface area contributed by atoms with Crippen molar-refractivity contribution in [1.29, 1.82) is 0 Å². The molecule has 0 aliphatic carbocycles. The number of hydrogen-bond acceptors (Lipinski definition) is 5. The lowest BCUT2D eigenvalue weighted by Crippen LogP contribution is -2.61. The number of carbonyl (C=O) groups excluding carboxylic acids is 3. The fourth-order valence-electron chi connectivity index (χ4n) is 4.17. The van der Waals surface area contributed by atoms with Crippen LogP contribution in [0.4, 0.5) is 13.2 Å². The molecular weight excluding hydrogens is 608 g/mol. The van der Waals surface area contributed by atoms with E-state index in [4.69, 9.17) is 32.7 Å². The van der Waals surface area contributed by atoms with Gasteiger partial charge in [-0.1, -0.05) is 61.3 Å². The molecule has 0 radical (unpaired) electrons. The third-order valence-electron chi connectivity index (χ3n) is 6.59. The number of benzene rings is 3. The van der Waals surface area contributed by atoms with Crippen molar-refractivity contribution >= 4 is 40.8 Å². The van der Waals surface area contributed by atoms with E-state index in [0.717, 1.165) is 0 Å². The van der Waals surface area contributed by atoms with Crippen molar-refractivity contribution in [2.45, 2.75) is 51.1 Å². The maximum absolute atomic E-state index is 15.5. The zero-order valence-corrected chi connectivity index (χ0v) is 25.1. The normalized spacial score (nSPS) is 14.0. The summed E-state index contributed by atoms with van der Waals surface area (Å²) in [7, 11) is 1.52. The highest BCUT2D eigenvalue weighted by Gasteiger charge is 2.48. The summed E-state index contributed by atoms with van der Waals surface area (Å²) in [5.74, 6) is -7.61. The summed E-state index contributed by atoms with van der Waals surface area (Å²) in [6.07, 6.45) is -4.99. The lowest BCUT2D eigenvalue weighted by atomic mass is 9.95. The Morgan fingerprint density at radius 3 is 2.09 bits per heavy atom. The Morgan fingerprint density at radius 2 is 1.53 bits per heavy atom. The zero-order chi connectivity index (χ0) is 31.7. The van der Waals surface area contributed by atoms with Crippen LogP contribution in [0.2, 0.25) is 10.0 Å². The molecular formula is C31H31Cl2F3N2O5. The molecule has 0 fully saturated rings. The second-order valence-electron chi connectivity index (χ2n) is 10.0. The van der Waals surface area contributed by atoms with E-state index in [2.05, 4.69) is 5.32 Å². The van der Waals surface area contributed by atoms with Gasteiger partial charge in [0.2, 0.25) is 17.6 Å². The molecule has 0 heterocycles. The van der Waals surface area contributed by atoms with Gasteiger partial charge < -0.3 is 20.1 Å². The molecule has 230 valence electrons. The smallest absolute Gasteiger partial charge is 0.301 e. The Morgan fingerprint density at radius 1 is 0.907 bits per heavy atom. The van der Waals surface area contributed by atoms with Gasteiger partial charge in [-0.05, 0) is 59.7 Å². The maximum atomic E-state index is 15.5. The van der Waals surface area contributed by atoms with Crippen molar-refractivity contribution in [2.24, 2.45) is 5.92 Å². The van der Waals surface area contributed by atoms with E-state index >= 15 is 4.39 Å². The summed E-state index contributed by atoms with van der Waals surface area (Å²) in [4.78, 5) is 38.7. The first-order valence-corrected chi connectivity index (χ1v) is 14.0. The first-order chi connectivity index (χ1) is 20.3. The quantitative estimate of drug-likeness (QED) is 0.196. The number of ether oxygens (including phenoxy) is 2. The Kier molecular flexibility index (Phi) is 11.9. The van der Waals surface area contributed by atoms with Gasteiger partial charge in [-0.2, -0.15) is 0 Å². The predicted octanol–water partition coefficient (Wildman–Crippen LogP) is 6.51. The Labute approximate surface area is 257 Å². The highest BCUT2D eigenvalue weighted by molar-refractivity contribution is 6.30. The number of hydrogen-bond donors (Lipinski definition) is 2. The van der Waals surface area contributed by atoms with Crippen LogP contribution in [0.1, 0.15) is 37.5 Å². The summed E-state index contributed by atoms with van der Waals surface area (Å²) < 4.78 is 53.3. The number of amides is 2. The molecule has 12 heteroatoms. The third-order valence-corrected chi connectivity index (χ3v) is 7.08. The average molecular weight is 639 g/mol. The number of ketones is 1. The van der Waals surface area contributed by atoms with E-state index in [0.29, 0.717) is 32.7 Å². The molecule has 0 bridgehead atoms. The van der Waals surface area contributed by atoms with Crippen molar-refractivity contribution in [2.75, 3.05) is 7.11 Å². The number of halogens is 5. The molecule has 0 spiro atoms. The largest absolute Gasteiger partial charge is 0.497 e. The molecule has 3 atom stereocenters. The summed E-state index contributed by atoms with van der Waals surface area (Å²) >= 11 is 12.1. The molecule has 7 nitrogen and oxygen atoms in total. The van der Waals surface area contributed by atoms with Gasteiger partial charge in [-0.25, -0.2) is 13.2 Å². The van der Waals surface area contributed by atoms with Crippen LogP contribution in [0.3, 0.4) is 0 Å². The van der Waals surface area contributed by atoms with Crippen molar-refractivity contribution in [1.82, 2.24) is 10.6 Å². The van der Waals surface area contributed by atoms with E-state index < -0.39 is 47.9 Å². The van der Waals surface area contributed by atoms with E-state index in [-0.39, 0.29) is 12.8 Å². The van der Waals surface area contributed by atoms with Crippen LogP contribution in [-0.2, 0) is 20.8 Å². The van der Waals surface area contributed by atoms with Crippen LogP contribution >= 0.6 is 23.2 Å². The third kappa shape index (κ3) is 9.36. The Balaban J connectivity index is 1.88. The predicted molar refractivity (Wildman–Crippen MR) is 157 cm³/mol. The average Bonchev–Trinajstić information content (AvgIpc) is 2.96. The lowest BCUT2D eigenvalue weighted by Gasteiger charge is -2.31. The van der Waals surface area contributed by atoms with Gasteiger partial charge in [0, 0.05) is 22.4 Å². The Bertz CT molecular complexity index is 1410. The van der Waals surface area contributed by atoms with Gasteiger partial charge in [0.15, 0.2) is 0 Å². The van der Waals surface area contributed by atoms with Crippen molar-refractivity contribution < 1.29 is 37.0 Å². The first-order valence-electron chi connectivity index (χ1n) is 13.3. The molecule has 0 aliphatic heterocycles. The van der Waals surface area contributed by atoms with E-state index in [9.17, 15) is 23.2 Å². The van der Waals surface area contributed by atoms with Gasteiger partial charge in [0.05, 0.1) is 13.5 Å². The first kappa shape index (κ1) is 33.7. The molecule has 3 aromatic carbocycles. The van der Waals surface area contributed by atoms with E-state index in [1.807, 2.05) is 5.32 Å². The minimum atomic E-state index is -3.66. The second-order valence-corrected chi connectivity index (χ2v) is 10.9. The second kappa shape index (κ2) is 15.1. The van der Waals surface area contributed by atoms with Crippen LogP contribution < -0.4 is 20.1 Å². The molecule has 0 saturated heterocycles. The fraction of sp³-hybridized carbons (Fsp3) is 0.323. The van der Waals surface area contributed by atoms with Crippen LogP contribution in [-0.4, -0.2) is 43.0 Å². The number of methoxy groups -OCH3 is 1. The van der Waals surface area contributed by atoms with E-state index in [1.165, 1.54) is 27.0 Å². The summed E-state index contributed by atoms with van der Waals surface area (Å²) in [6, 6.07) is 18.2. The standard InChI is InChI=1S/C31H31Cl2F3N2O5/c1-18(2)31(36,28(40)29(34)35)38-30(41)25(16-19-5-4-6-22(33)15-19)37-27(39)17-26(20-7-9-21(32)10-8-20)43-24-13-11-23(42-3)12-14-24/h4-15,18,25-26,29H,16-17H2,1-3H3,(H,37,39)(H,38,41)/t25-,26?,31+/m0/s1. The Hall–Kier alpha value is -3.76. The SMILES string of the molecule is COc1ccc(OC(CC(=O)N[C@@H](Cc2cccc(Cl)c2)C(=O)N[C@@](F)(C(=O)C(F)F)C(C)C)c2ccc(Cl)cc2)cc1. The molecule has 3 rings (SSSR count). The molecule has 2 amide bonds.